The number of hydrogen-bond acceptors (Lipinski definition) is 4. The summed E-state index contributed by atoms with van der Waals surface area (Å²) in [4.78, 5) is 28.1. The van der Waals surface area contributed by atoms with E-state index in [2.05, 4.69) is 10.1 Å². The minimum absolute atomic E-state index is 0.0495. The SMILES string of the molecule is CN(CCCC(=O)O)C(=O)c1cnn2ccncc12. The van der Waals surface area contributed by atoms with Crippen molar-refractivity contribution in [2.24, 2.45) is 0 Å². The lowest BCUT2D eigenvalue weighted by Crippen LogP contribution is -2.28. The molecule has 0 aliphatic rings. The highest BCUT2D eigenvalue weighted by molar-refractivity contribution is 6.00. The zero-order valence-corrected chi connectivity index (χ0v) is 10.5. The van der Waals surface area contributed by atoms with E-state index in [1.807, 2.05) is 0 Å². The number of aromatic nitrogens is 3. The van der Waals surface area contributed by atoms with Crippen LogP contribution in [-0.2, 0) is 4.79 Å². The molecule has 0 aliphatic carbocycles. The Labute approximate surface area is 109 Å². The van der Waals surface area contributed by atoms with E-state index in [4.69, 9.17) is 5.11 Å². The molecule has 0 unspecified atom stereocenters. The van der Waals surface area contributed by atoms with E-state index in [-0.39, 0.29) is 12.3 Å². The Balaban J connectivity index is 2.08. The average molecular weight is 262 g/mol. The summed E-state index contributed by atoms with van der Waals surface area (Å²) in [6.45, 7) is 0.392. The van der Waals surface area contributed by atoms with Gasteiger partial charge in [-0.05, 0) is 6.42 Å². The first-order chi connectivity index (χ1) is 9.09. The lowest BCUT2D eigenvalue weighted by atomic mass is 10.2. The fourth-order valence-corrected chi connectivity index (χ4v) is 1.77. The molecular formula is C12H14N4O3. The van der Waals surface area contributed by atoms with E-state index < -0.39 is 5.97 Å². The van der Waals surface area contributed by atoms with Gasteiger partial charge in [0.15, 0.2) is 0 Å². The van der Waals surface area contributed by atoms with E-state index in [0.29, 0.717) is 24.0 Å². The van der Waals surface area contributed by atoms with Crippen molar-refractivity contribution in [2.45, 2.75) is 12.8 Å². The van der Waals surface area contributed by atoms with Crippen molar-refractivity contribution in [1.82, 2.24) is 19.5 Å². The highest BCUT2D eigenvalue weighted by Gasteiger charge is 2.16. The van der Waals surface area contributed by atoms with Gasteiger partial charge in [-0.3, -0.25) is 14.6 Å². The normalized spacial score (nSPS) is 10.6. The highest BCUT2D eigenvalue weighted by Crippen LogP contribution is 2.11. The number of nitrogens with zero attached hydrogens (tertiary/aromatic N) is 4. The van der Waals surface area contributed by atoms with Gasteiger partial charge in [-0.25, -0.2) is 4.52 Å². The van der Waals surface area contributed by atoms with E-state index in [1.54, 1.807) is 30.2 Å². The van der Waals surface area contributed by atoms with Crippen molar-refractivity contribution in [1.29, 1.82) is 0 Å². The van der Waals surface area contributed by atoms with Crippen molar-refractivity contribution < 1.29 is 14.7 Å². The molecule has 0 aromatic carbocycles. The second kappa shape index (κ2) is 5.47. The summed E-state index contributed by atoms with van der Waals surface area (Å²) in [5.74, 6) is -1.05. The van der Waals surface area contributed by atoms with Crippen LogP contribution in [0.4, 0.5) is 0 Å². The summed E-state index contributed by atoms with van der Waals surface area (Å²) < 4.78 is 1.57. The van der Waals surface area contributed by atoms with Gasteiger partial charge in [0.05, 0.1) is 23.5 Å². The number of aliphatic carboxylic acids is 1. The highest BCUT2D eigenvalue weighted by atomic mass is 16.4. The van der Waals surface area contributed by atoms with Crippen LogP contribution in [-0.4, -0.2) is 50.1 Å². The van der Waals surface area contributed by atoms with Crippen molar-refractivity contribution >= 4 is 17.4 Å². The van der Waals surface area contributed by atoms with E-state index >= 15 is 0 Å². The van der Waals surface area contributed by atoms with Gasteiger partial charge < -0.3 is 10.0 Å². The molecule has 7 nitrogen and oxygen atoms in total. The summed E-state index contributed by atoms with van der Waals surface area (Å²) in [7, 11) is 1.64. The molecule has 0 aliphatic heterocycles. The predicted octanol–water partition coefficient (Wildman–Crippen LogP) is 0.666. The number of amides is 1. The molecule has 19 heavy (non-hydrogen) atoms. The first kappa shape index (κ1) is 13.0. The van der Waals surface area contributed by atoms with Crippen LogP contribution in [0.25, 0.3) is 5.52 Å². The Bertz CT molecular complexity index is 608. The standard InChI is InChI=1S/C12H14N4O3/c1-15(5-2-3-11(17)18)12(19)9-7-14-16-6-4-13-8-10(9)16/h4,6-8H,2-3,5H2,1H3,(H,17,18). The Morgan fingerprint density at radius 3 is 2.95 bits per heavy atom. The molecule has 2 aromatic heterocycles. The second-order valence-electron chi connectivity index (χ2n) is 4.19. The van der Waals surface area contributed by atoms with E-state index in [0.717, 1.165) is 0 Å². The number of fused-ring (bicyclic) bond motifs is 1. The van der Waals surface area contributed by atoms with Crippen molar-refractivity contribution in [3.63, 3.8) is 0 Å². The zero-order valence-electron chi connectivity index (χ0n) is 10.5. The van der Waals surface area contributed by atoms with Gasteiger partial charge in [-0.1, -0.05) is 0 Å². The molecule has 0 saturated heterocycles. The summed E-state index contributed by atoms with van der Waals surface area (Å²) in [5.41, 5.74) is 1.10. The molecule has 2 rings (SSSR count). The largest absolute Gasteiger partial charge is 0.481 e. The monoisotopic (exact) mass is 262 g/mol. The quantitative estimate of drug-likeness (QED) is 0.855. The molecule has 2 heterocycles. The molecular weight excluding hydrogens is 248 g/mol. The molecule has 0 radical (unpaired) electrons. The number of carboxylic acid groups (broad SMARTS) is 1. The maximum Gasteiger partial charge on any atom is 0.303 e. The number of carboxylic acids is 1. The number of carbonyl (C=O) groups is 2. The third-order valence-electron chi connectivity index (χ3n) is 2.79. The topological polar surface area (TPSA) is 87.8 Å². The van der Waals surface area contributed by atoms with Crippen LogP contribution in [0.15, 0.2) is 24.8 Å². The molecule has 100 valence electrons. The van der Waals surface area contributed by atoms with E-state index in [9.17, 15) is 9.59 Å². The summed E-state index contributed by atoms with van der Waals surface area (Å²) in [6.07, 6.45) is 6.79. The van der Waals surface area contributed by atoms with Gasteiger partial charge in [0, 0.05) is 32.4 Å². The fraction of sp³-hybridized carbons (Fsp3) is 0.333. The Morgan fingerprint density at radius 1 is 1.42 bits per heavy atom. The maximum atomic E-state index is 12.2. The minimum Gasteiger partial charge on any atom is -0.481 e. The fourth-order valence-electron chi connectivity index (χ4n) is 1.77. The summed E-state index contributed by atoms with van der Waals surface area (Å²) in [6, 6.07) is 0. The van der Waals surface area contributed by atoms with Crippen LogP contribution in [0.3, 0.4) is 0 Å². The smallest absolute Gasteiger partial charge is 0.303 e. The van der Waals surface area contributed by atoms with Crippen LogP contribution in [0.1, 0.15) is 23.2 Å². The number of carbonyl (C=O) groups excluding carboxylic acids is 1. The summed E-state index contributed by atoms with van der Waals surface area (Å²) in [5, 5.41) is 12.6. The van der Waals surface area contributed by atoms with Crippen LogP contribution in [0.5, 0.6) is 0 Å². The average Bonchev–Trinajstić information content (AvgIpc) is 2.81. The lowest BCUT2D eigenvalue weighted by molar-refractivity contribution is -0.137. The molecule has 1 N–H and O–H groups in total. The third kappa shape index (κ3) is 2.87. The van der Waals surface area contributed by atoms with Crippen LogP contribution < -0.4 is 0 Å². The Morgan fingerprint density at radius 2 is 2.21 bits per heavy atom. The van der Waals surface area contributed by atoms with Gasteiger partial charge in [0.25, 0.3) is 5.91 Å². The van der Waals surface area contributed by atoms with Gasteiger partial charge in [0.1, 0.15) is 0 Å². The molecule has 0 spiro atoms. The van der Waals surface area contributed by atoms with Crippen molar-refractivity contribution in [2.75, 3.05) is 13.6 Å². The Hall–Kier alpha value is -2.44. The zero-order chi connectivity index (χ0) is 13.8. The number of rotatable bonds is 5. The Kier molecular flexibility index (Phi) is 3.74. The maximum absolute atomic E-state index is 12.2. The van der Waals surface area contributed by atoms with Crippen molar-refractivity contribution in [3.05, 3.63) is 30.4 Å². The minimum atomic E-state index is -0.860. The van der Waals surface area contributed by atoms with Gasteiger partial charge >= 0.3 is 5.97 Å². The molecule has 0 atom stereocenters. The molecule has 0 fully saturated rings. The molecule has 7 heteroatoms. The third-order valence-corrected chi connectivity index (χ3v) is 2.79. The molecule has 2 aromatic rings. The van der Waals surface area contributed by atoms with Crippen LogP contribution in [0.2, 0.25) is 0 Å². The van der Waals surface area contributed by atoms with Gasteiger partial charge in [0.2, 0.25) is 0 Å². The van der Waals surface area contributed by atoms with Gasteiger partial charge in [-0.2, -0.15) is 5.10 Å². The van der Waals surface area contributed by atoms with Crippen LogP contribution >= 0.6 is 0 Å². The van der Waals surface area contributed by atoms with Crippen LogP contribution in [0, 0.1) is 0 Å². The molecule has 0 saturated carbocycles. The van der Waals surface area contributed by atoms with Gasteiger partial charge in [-0.15, -0.1) is 0 Å². The molecule has 0 bridgehead atoms. The lowest BCUT2D eigenvalue weighted by Gasteiger charge is -2.15. The predicted molar refractivity (Wildman–Crippen MR) is 66.8 cm³/mol. The second-order valence-corrected chi connectivity index (χ2v) is 4.19. The van der Waals surface area contributed by atoms with E-state index in [1.165, 1.54) is 11.1 Å². The first-order valence-electron chi connectivity index (χ1n) is 5.84. The number of hydrogen-bond donors (Lipinski definition) is 1. The summed E-state index contributed by atoms with van der Waals surface area (Å²) >= 11 is 0. The van der Waals surface area contributed by atoms with Crippen molar-refractivity contribution in [3.8, 4) is 0 Å². The first-order valence-corrected chi connectivity index (χ1v) is 5.84. The molecule has 1 amide bonds.